The third-order valence-electron chi connectivity index (χ3n) is 8.09. The van der Waals surface area contributed by atoms with Crippen molar-refractivity contribution >= 4 is 58.2 Å². The van der Waals surface area contributed by atoms with Crippen LogP contribution in [0.1, 0.15) is 22.5 Å². The molecule has 3 aromatic carbocycles. The normalized spacial score (nSPS) is 13.7. The van der Waals surface area contributed by atoms with Crippen LogP contribution >= 0.6 is 11.6 Å². The van der Waals surface area contributed by atoms with Gasteiger partial charge in [-0.2, -0.15) is 20.2 Å². The molecular formula is C34H34ClN11O4. The van der Waals surface area contributed by atoms with E-state index in [1.54, 1.807) is 36.4 Å². The van der Waals surface area contributed by atoms with Gasteiger partial charge in [0.05, 0.1) is 36.3 Å². The van der Waals surface area contributed by atoms with Gasteiger partial charge in [0.2, 0.25) is 17.8 Å². The molecule has 0 aliphatic carbocycles. The fraction of sp³-hybridized carbons (Fsp3) is 0.265. The zero-order chi connectivity index (χ0) is 35.0. The van der Waals surface area contributed by atoms with Crippen LogP contribution < -0.4 is 16.0 Å². The predicted octanol–water partition coefficient (Wildman–Crippen LogP) is 4.62. The lowest BCUT2D eigenvalue weighted by molar-refractivity contribution is -0.141. The summed E-state index contributed by atoms with van der Waals surface area (Å²) in [4.78, 5) is 49.4. The first-order valence-electron chi connectivity index (χ1n) is 15.8. The summed E-state index contributed by atoms with van der Waals surface area (Å²) in [7, 11) is 1.31. The number of nitrogens with one attached hydrogen (secondary N) is 4. The van der Waals surface area contributed by atoms with Gasteiger partial charge in [-0.15, -0.1) is 0 Å². The van der Waals surface area contributed by atoms with E-state index in [4.69, 9.17) is 21.6 Å². The highest BCUT2D eigenvalue weighted by Gasteiger charge is 2.23. The molecule has 1 unspecified atom stereocenters. The minimum atomic E-state index is -0.898. The second-order valence-corrected chi connectivity index (χ2v) is 12.0. The number of H-pyrrole nitrogens is 1. The molecule has 50 heavy (non-hydrogen) atoms. The number of benzene rings is 3. The minimum Gasteiger partial charge on any atom is -0.467 e. The Labute approximate surface area is 292 Å². The molecule has 0 radical (unpaired) electrons. The van der Waals surface area contributed by atoms with Crippen LogP contribution in [0.5, 0.6) is 0 Å². The smallest absolute Gasteiger partial charge is 0.407 e. The first kappa shape index (κ1) is 33.9. The Balaban J connectivity index is 1.23. The molecule has 16 heteroatoms. The molecule has 1 fully saturated rings. The maximum atomic E-state index is 12.9. The molecule has 0 saturated carbocycles. The molecule has 0 bridgehead atoms. The number of hydrogen-bond donors (Lipinski definition) is 5. The molecular weight excluding hydrogens is 662 g/mol. The van der Waals surface area contributed by atoms with E-state index in [0.717, 1.165) is 27.8 Å². The summed E-state index contributed by atoms with van der Waals surface area (Å²) in [5.41, 5.74) is 4.64. The van der Waals surface area contributed by atoms with E-state index in [-0.39, 0.29) is 30.8 Å². The number of halogens is 1. The predicted molar refractivity (Wildman–Crippen MR) is 187 cm³/mol. The van der Waals surface area contributed by atoms with E-state index in [1.807, 2.05) is 30.3 Å². The first-order chi connectivity index (χ1) is 24.2. The van der Waals surface area contributed by atoms with Crippen LogP contribution in [0.2, 0.25) is 5.02 Å². The van der Waals surface area contributed by atoms with Gasteiger partial charge in [0.25, 0.3) is 0 Å². The molecule has 15 nitrogen and oxygen atoms in total. The average Bonchev–Trinajstić information content (AvgIpc) is 3.53. The third-order valence-corrected chi connectivity index (χ3v) is 8.32. The SMILES string of the molecule is COC(=O)C(Cc1ccc(C#N)cc1)Nc1nc(NCc2nc3cc(Cl)ccc3[nH]2)nc(Nc2cccc(CN3CCN(C(=O)O)CC3)c2)n1. The summed E-state index contributed by atoms with van der Waals surface area (Å²) in [6.07, 6.45) is -0.648. The number of carboxylic acid groups (broad SMARTS) is 1. The minimum absolute atomic E-state index is 0.123. The third kappa shape index (κ3) is 8.73. The summed E-state index contributed by atoms with van der Waals surface area (Å²) in [5, 5.41) is 28.6. The molecule has 256 valence electrons. The van der Waals surface area contributed by atoms with E-state index in [2.05, 4.69) is 51.8 Å². The van der Waals surface area contributed by atoms with Crippen LogP contribution in [-0.2, 0) is 29.0 Å². The van der Waals surface area contributed by atoms with Gasteiger partial charge in [0.15, 0.2) is 0 Å². The van der Waals surface area contributed by atoms with Gasteiger partial charge in [-0.1, -0.05) is 35.9 Å². The topological polar surface area (TPSA) is 197 Å². The molecule has 5 aromatic rings. The molecule has 2 aromatic heterocycles. The Morgan fingerprint density at radius 2 is 1.74 bits per heavy atom. The van der Waals surface area contributed by atoms with E-state index >= 15 is 0 Å². The summed E-state index contributed by atoms with van der Waals surface area (Å²) in [5.74, 6) is 0.680. The molecule has 5 N–H and O–H groups in total. The van der Waals surface area contributed by atoms with Crippen molar-refractivity contribution in [2.45, 2.75) is 25.6 Å². The van der Waals surface area contributed by atoms with Crippen molar-refractivity contribution in [1.29, 1.82) is 5.26 Å². The van der Waals surface area contributed by atoms with E-state index < -0.39 is 18.1 Å². The Morgan fingerprint density at radius 3 is 2.48 bits per heavy atom. The standard InChI is InChI=1S/C34H34ClN11O4/c1-50-30(47)28(16-21-5-7-22(18-36)8-6-21)41-33-43-31(37-19-29-39-26-10-9-24(35)17-27(26)40-29)42-32(44-33)38-25-4-2-3-23(15-25)20-45-11-13-46(14-12-45)34(48)49/h2-10,15,17,28H,11-14,16,19-20H2,1H3,(H,39,40)(H,48,49)(H3,37,38,41,42,43,44). The Hall–Kier alpha value is -5.98. The van der Waals surface area contributed by atoms with Crippen molar-refractivity contribution in [2.75, 3.05) is 49.2 Å². The summed E-state index contributed by atoms with van der Waals surface area (Å²) in [6, 6.07) is 21.4. The number of amides is 1. The first-order valence-corrected chi connectivity index (χ1v) is 16.2. The number of anilines is 4. The average molecular weight is 696 g/mol. The molecule has 1 saturated heterocycles. The quantitative estimate of drug-likeness (QED) is 0.113. The van der Waals surface area contributed by atoms with Gasteiger partial charge in [-0.3, -0.25) is 4.90 Å². The number of esters is 1. The highest BCUT2D eigenvalue weighted by atomic mass is 35.5. The Kier molecular flexibility index (Phi) is 10.5. The van der Waals surface area contributed by atoms with Crippen molar-refractivity contribution in [2.24, 2.45) is 0 Å². The molecule has 3 heterocycles. The number of fused-ring (bicyclic) bond motifs is 1. The second kappa shape index (κ2) is 15.5. The maximum absolute atomic E-state index is 12.9. The fourth-order valence-corrected chi connectivity index (χ4v) is 5.69. The van der Waals surface area contributed by atoms with Crippen LogP contribution in [-0.4, -0.2) is 91.2 Å². The lowest BCUT2D eigenvalue weighted by atomic mass is 10.0. The summed E-state index contributed by atoms with van der Waals surface area (Å²) < 4.78 is 5.08. The maximum Gasteiger partial charge on any atom is 0.407 e. The number of carbonyl (C=O) groups is 2. The van der Waals surface area contributed by atoms with Crippen molar-refractivity contribution in [1.82, 2.24) is 34.7 Å². The van der Waals surface area contributed by atoms with Crippen molar-refractivity contribution < 1.29 is 19.4 Å². The number of nitrogens with zero attached hydrogens (tertiary/aromatic N) is 7. The van der Waals surface area contributed by atoms with Crippen LogP contribution in [0, 0.1) is 11.3 Å². The zero-order valence-corrected chi connectivity index (χ0v) is 27.8. The largest absolute Gasteiger partial charge is 0.467 e. The molecule has 1 atom stereocenters. The number of rotatable bonds is 12. The zero-order valence-electron chi connectivity index (χ0n) is 27.1. The Bertz CT molecular complexity index is 2020. The van der Waals surface area contributed by atoms with Crippen molar-refractivity contribution in [3.05, 3.63) is 94.3 Å². The van der Waals surface area contributed by atoms with Gasteiger partial charge < -0.3 is 35.7 Å². The van der Waals surface area contributed by atoms with Crippen LogP contribution in [0.4, 0.5) is 28.3 Å². The van der Waals surface area contributed by atoms with E-state index in [9.17, 15) is 14.7 Å². The summed E-state index contributed by atoms with van der Waals surface area (Å²) in [6.45, 7) is 3.11. The molecule has 1 aliphatic heterocycles. The number of carbonyl (C=O) groups excluding carboxylic acids is 1. The lowest BCUT2D eigenvalue weighted by Gasteiger charge is -2.33. The van der Waals surface area contributed by atoms with Gasteiger partial charge in [-0.25, -0.2) is 14.6 Å². The molecule has 1 amide bonds. The number of aromatic nitrogens is 5. The molecule has 6 rings (SSSR count). The number of ether oxygens (including phenoxy) is 1. The highest BCUT2D eigenvalue weighted by Crippen LogP contribution is 2.21. The number of piperazine rings is 1. The second-order valence-electron chi connectivity index (χ2n) is 11.6. The van der Waals surface area contributed by atoms with Crippen molar-refractivity contribution in [3.63, 3.8) is 0 Å². The monoisotopic (exact) mass is 695 g/mol. The number of methoxy groups -OCH3 is 1. The van der Waals surface area contributed by atoms with Gasteiger partial charge >= 0.3 is 12.1 Å². The number of nitriles is 1. The van der Waals surface area contributed by atoms with E-state index in [1.165, 1.54) is 12.0 Å². The Morgan fingerprint density at radius 1 is 0.980 bits per heavy atom. The number of imidazole rings is 1. The number of aromatic amines is 1. The van der Waals surface area contributed by atoms with Crippen LogP contribution in [0.15, 0.2) is 66.7 Å². The fourth-order valence-electron chi connectivity index (χ4n) is 5.53. The molecule has 1 aliphatic rings. The van der Waals surface area contributed by atoms with Gasteiger partial charge in [0.1, 0.15) is 11.9 Å². The lowest BCUT2D eigenvalue weighted by Crippen LogP contribution is -2.47. The van der Waals surface area contributed by atoms with Crippen LogP contribution in [0.3, 0.4) is 0 Å². The van der Waals surface area contributed by atoms with E-state index in [0.29, 0.717) is 49.1 Å². The van der Waals surface area contributed by atoms with Crippen molar-refractivity contribution in [3.8, 4) is 6.07 Å². The van der Waals surface area contributed by atoms with Gasteiger partial charge in [-0.05, 0) is 53.6 Å². The van der Waals surface area contributed by atoms with Gasteiger partial charge in [0, 0.05) is 49.9 Å². The highest BCUT2D eigenvalue weighted by molar-refractivity contribution is 6.31. The molecule has 0 spiro atoms. The van der Waals surface area contributed by atoms with Crippen LogP contribution in [0.25, 0.3) is 11.0 Å². The summed E-state index contributed by atoms with van der Waals surface area (Å²) >= 11 is 6.14. The number of hydrogen-bond acceptors (Lipinski definition) is 12.